The summed E-state index contributed by atoms with van der Waals surface area (Å²) in [6.45, 7) is 3.82. The van der Waals surface area contributed by atoms with Gasteiger partial charge in [0.1, 0.15) is 11.5 Å². The van der Waals surface area contributed by atoms with E-state index < -0.39 is 0 Å². The van der Waals surface area contributed by atoms with E-state index in [1.54, 1.807) is 18.2 Å². The van der Waals surface area contributed by atoms with Crippen LogP contribution in [-0.4, -0.2) is 21.5 Å². The second-order valence-corrected chi connectivity index (χ2v) is 7.94. The van der Waals surface area contributed by atoms with Gasteiger partial charge in [0.2, 0.25) is 0 Å². The first kappa shape index (κ1) is 19.4. The summed E-state index contributed by atoms with van der Waals surface area (Å²) in [5.74, 6) is 0.349. The first-order valence-electron chi connectivity index (χ1n) is 10.3. The maximum absolute atomic E-state index is 13.4. The number of aromatic nitrogens is 2. The molecule has 152 valence electrons. The van der Waals surface area contributed by atoms with E-state index in [1.165, 1.54) is 31.4 Å². The van der Waals surface area contributed by atoms with Crippen molar-refractivity contribution >= 4 is 5.91 Å². The molecular formula is C23H26FN3O2. The van der Waals surface area contributed by atoms with Crippen LogP contribution in [0.15, 0.2) is 47.1 Å². The first-order chi connectivity index (χ1) is 14.0. The molecule has 0 atom stereocenters. The van der Waals surface area contributed by atoms with Crippen LogP contribution in [0.4, 0.5) is 4.39 Å². The summed E-state index contributed by atoms with van der Waals surface area (Å²) in [5.41, 5.74) is 2.40. The van der Waals surface area contributed by atoms with Crippen LogP contribution in [0, 0.1) is 5.82 Å². The highest BCUT2D eigenvalue weighted by Crippen LogP contribution is 2.38. The topological polar surface area (TPSA) is 60.1 Å². The van der Waals surface area contributed by atoms with Crippen LogP contribution in [-0.2, 0) is 0 Å². The number of furan rings is 1. The van der Waals surface area contributed by atoms with E-state index in [0.717, 1.165) is 29.8 Å². The van der Waals surface area contributed by atoms with Gasteiger partial charge < -0.3 is 14.3 Å². The fourth-order valence-electron chi connectivity index (χ4n) is 3.98. The van der Waals surface area contributed by atoms with Crippen molar-refractivity contribution in [3.8, 4) is 22.7 Å². The van der Waals surface area contributed by atoms with Gasteiger partial charge in [-0.1, -0.05) is 19.3 Å². The Morgan fingerprint density at radius 2 is 1.86 bits per heavy atom. The fourth-order valence-corrected chi connectivity index (χ4v) is 3.98. The quantitative estimate of drug-likeness (QED) is 0.612. The van der Waals surface area contributed by atoms with Crippen molar-refractivity contribution in [2.75, 3.05) is 0 Å². The molecule has 4 rings (SSSR count). The molecule has 6 heteroatoms. The van der Waals surface area contributed by atoms with E-state index in [4.69, 9.17) is 4.42 Å². The van der Waals surface area contributed by atoms with Gasteiger partial charge in [-0.2, -0.15) is 0 Å². The number of carbonyl (C=O) groups is 1. The van der Waals surface area contributed by atoms with Gasteiger partial charge in [0, 0.05) is 17.6 Å². The van der Waals surface area contributed by atoms with Gasteiger partial charge >= 0.3 is 0 Å². The maximum atomic E-state index is 13.4. The third-order valence-electron chi connectivity index (χ3n) is 5.36. The van der Waals surface area contributed by atoms with E-state index in [2.05, 4.69) is 14.9 Å². The lowest BCUT2D eigenvalue weighted by Crippen LogP contribution is -2.29. The normalized spacial score (nSPS) is 15.0. The summed E-state index contributed by atoms with van der Waals surface area (Å²) in [7, 11) is 0. The Bertz CT molecular complexity index is 982. The summed E-state index contributed by atoms with van der Waals surface area (Å²) >= 11 is 0. The van der Waals surface area contributed by atoms with E-state index in [-0.39, 0.29) is 23.5 Å². The largest absolute Gasteiger partial charge is 0.449 e. The van der Waals surface area contributed by atoms with Crippen molar-refractivity contribution in [3.63, 3.8) is 0 Å². The molecule has 1 amide bonds. The Balaban J connectivity index is 1.77. The van der Waals surface area contributed by atoms with Crippen LogP contribution >= 0.6 is 0 Å². The molecule has 3 aromatic rings. The number of rotatable bonds is 5. The van der Waals surface area contributed by atoms with Crippen LogP contribution in [0.2, 0.25) is 0 Å². The monoisotopic (exact) mass is 395 g/mol. The lowest BCUT2D eigenvalue weighted by Gasteiger charge is -2.24. The van der Waals surface area contributed by atoms with E-state index >= 15 is 0 Å². The highest BCUT2D eigenvalue weighted by molar-refractivity contribution is 5.92. The molecule has 0 unspecified atom stereocenters. The lowest BCUT2D eigenvalue weighted by atomic mass is 9.95. The molecule has 5 nitrogen and oxygen atoms in total. The Kier molecular flexibility index (Phi) is 5.51. The van der Waals surface area contributed by atoms with E-state index in [9.17, 15) is 9.18 Å². The second kappa shape index (κ2) is 8.23. The SMILES string of the molecule is CC(C)NC(=O)c1ccc(-c2c(-c3ccc(F)cc3)ncn2C2CCCCC2)o1. The summed E-state index contributed by atoms with van der Waals surface area (Å²) in [5, 5.41) is 2.85. The van der Waals surface area contributed by atoms with Gasteiger partial charge in [-0.3, -0.25) is 4.79 Å². The summed E-state index contributed by atoms with van der Waals surface area (Å²) in [6.07, 6.45) is 7.66. The number of hydrogen-bond acceptors (Lipinski definition) is 3. The third-order valence-corrected chi connectivity index (χ3v) is 5.36. The number of hydrogen-bond donors (Lipinski definition) is 1. The molecule has 1 fully saturated rings. The molecule has 0 spiro atoms. The first-order valence-corrected chi connectivity index (χ1v) is 10.3. The average Bonchev–Trinajstić information content (AvgIpc) is 3.36. The predicted octanol–water partition coefficient (Wildman–Crippen LogP) is 5.59. The fraction of sp³-hybridized carbons (Fsp3) is 0.391. The van der Waals surface area contributed by atoms with Gasteiger partial charge in [-0.25, -0.2) is 9.37 Å². The number of carbonyl (C=O) groups excluding carboxylic acids is 1. The zero-order valence-electron chi connectivity index (χ0n) is 16.8. The van der Waals surface area contributed by atoms with Crippen LogP contribution in [0.25, 0.3) is 22.7 Å². The van der Waals surface area contributed by atoms with Crippen molar-refractivity contribution in [2.24, 2.45) is 0 Å². The van der Waals surface area contributed by atoms with E-state index in [1.807, 2.05) is 26.2 Å². The second-order valence-electron chi connectivity index (χ2n) is 7.94. The number of benzene rings is 1. The maximum Gasteiger partial charge on any atom is 0.287 e. The van der Waals surface area contributed by atoms with Gasteiger partial charge in [0.25, 0.3) is 5.91 Å². The number of halogens is 1. The molecule has 1 aromatic carbocycles. The molecule has 0 aliphatic heterocycles. The molecular weight excluding hydrogens is 369 g/mol. The van der Waals surface area contributed by atoms with Crippen molar-refractivity contribution in [1.29, 1.82) is 0 Å². The van der Waals surface area contributed by atoms with Crippen LogP contribution < -0.4 is 5.32 Å². The Morgan fingerprint density at radius 3 is 2.55 bits per heavy atom. The molecule has 0 radical (unpaired) electrons. The highest BCUT2D eigenvalue weighted by atomic mass is 19.1. The molecule has 1 saturated carbocycles. The summed E-state index contributed by atoms with van der Waals surface area (Å²) < 4.78 is 21.6. The molecule has 2 heterocycles. The highest BCUT2D eigenvalue weighted by Gasteiger charge is 2.25. The molecule has 1 N–H and O–H groups in total. The molecule has 2 aromatic heterocycles. The lowest BCUT2D eigenvalue weighted by molar-refractivity contribution is 0.0916. The number of nitrogens with one attached hydrogen (secondary N) is 1. The summed E-state index contributed by atoms with van der Waals surface area (Å²) in [6, 6.07) is 10.2. The third kappa shape index (κ3) is 4.11. The smallest absolute Gasteiger partial charge is 0.287 e. The number of imidazole rings is 1. The van der Waals surface area contributed by atoms with Gasteiger partial charge in [0.05, 0.1) is 12.0 Å². The molecule has 29 heavy (non-hydrogen) atoms. The van der Waals surface area contributed by atoms with Gasteiger partial charge in [-0.05, 0) is 63.1 Å². The van der Waals surface area contributed by atoms with Gasteiger partial charge in [0.15, 0.2) is 11.5 Å². The van der Waals surface area contributed by atoms with Crippen LogP contribution in [0.3, 0.4) is 0 Å². The minimum Gasteiger partial charge on any atom is -0.449 e. The number of nitrogens with zero attached hydrogens (tertiary/aromatic N) is 2. The molecule has 1 aliphatic rings. The van der Waals surface area contributed by atoms with Crippen molar-refractivity contribution in [1.82, 2.24) is 14.9 Å². The van der Waals surface area contributed by atoms with Gasteiger partial charge in [-0.15, -0.1) is 0 Å². The Labute approximate surface area is 169 Å². The summed E-state index contributed by atoms with van der Waals surface area (Å²) in [4.78, 5) is 17.0. The van der Waals surface area contributed by atoms with Crippen molar-refractivity contribution in [2.45, 2.75) is 58.0 Å². The predicted molar refractivity (Wildman–Crippen MR) is 110 cm³/mol. The standard InChI is InChI=1S/C23H26FN3O2/c1-15(2)26-23(28)20-13-12-19(29-20)22-21(16-8-10-17(24)11-9-16)25-14-27(22)18-6-4-3-5-7-18/h8-15,18H,3-7H2,1-2H3,(H,26,28). The molecule has 0 saturated heterocycles. The Morgan fingerprint density at radius 1 is 1.14 bits per heavy atom. The van der Waals surface area contributed by atoms with Crippen molar-refractivity contribution in [3.05, 3.63) is 54.3 Å². The average molecular weight is 395 g/mol. The van der Waals surface area contributed by atoms with E-state index in [0.29, 0.717) is 11.8 Å². The Hall–Kier alpha value is -2.89. The molecule has 1 aliphatic carbocycles. The minimum absolute atomic E-state index is 0.0265. The van der Waals surface area contributed by atoms with Crippen molar-refractivity contribution < 1.29 is 13.6 Å². The zero-order chi connectivity index (χ0) is 20.4. The van der Waals surface area contributed by atoms with Crippen LogP contribution in [0.1, 0.15) is 62.5 Å². The zero-order valence-corrected chi connectivity index (χ0v) is 16.8. The minimum atomic E-state index is -0.285. The number of amides is 1. The van der Waals surface area contributed by atoms with Crippen LogP contribution in [0.5, 0.6) is 0 Å². The molecule has 0 bridgehead atoms.